The summed E-state index contributed by atoms with van der Waals surface area (Å²) in [5, 5.41) is 22.3. The van der Waals surface area contributed by atoms with Crippen LogP contribution in [0, 0.1) is 24.0 Å². The average Bonchev–Trinajstić information content (AvgIpc) is 1.75. The summed E-state index contributed by atoms with van der Waals surface area (Å²) in [5.74, 6) is 0.198. The number of pyridine rings is 4. The van der Waals surface area contributed by atoms with Gasteiger partial charge in [0.2, 0.25) is 27.7 Å². The molecule has 18 rings (SSSR count). The van der Waals surface area contributed by atoms with Crippen molar-refractivity contribution < 1.29 is 38.8 Å². The second-order valence-electron chi connectivity index (χ2n) is 30.1. The van der Waals surface area contributed by atoms with Gasteiger partial charge in [0.1, 0.15) is 43.6 Å². The molecule has 125 heavy (non-hydrogen) atoms. The van der Waals surface area contributed by atoms with Gasteiger partial charge in [-0.2, -0.15) is 28.1 Å². The lowest BCUT2D eigenvalue weighted by Crippen LogP contribution is -2.43. The second kappa shape index (κ2) is 38.2. The van der Waals surface area contributed by atoms with Crippen LogP contribution < -0.4 is 58.4 Å². The van der Waals surface area contributed by atoms with Gasteiger partial charge < -0.3 is 46.6 Å². The van der Waals surface area contributed by atoms with Gasteiger partial charge in [-0.1, -0.05) is 12.0 Å². The highest BCUT2D eigenvalue weighted by Gasteiger charge is 2.39. The van der Waals surface area contributed by atoms with E-state index in [2.05, 4.69) is 107 Å². The molecule has 40 heteroatoms. The van der Waals surface area contributed by atoms with E-state index in [0.29, 0.717) is 87.2 Å². The zero-order valence-electron chi connectivity index (χ0n) is 67.1. The van der Waals surface area contributed by atoms with Crippen LogP contribution in [0.1, 0.15) is 71.7 Å². The van der Waals surface area contributed by atoms with Gasteiger partial charge in [-0.05, 0) is 180 Å². The smallest absolute Gasteiger partial charge is 0.381 e. The van der Waals surface area contributed by atoms with Crippen molar-refractivity contribution in [2.75, 3.05) is 103 Å². The Bertz CT molecular complexity index is 6690. The molecule has 3 unspecified atom stereocenters. The number of likely N-dealkylation sites (N-methyl/N-ethyl adjacent to an activating group) is 1. The Kier molecular flexibility index (Phi) is 26.4. The van der Waals surface area contributed by atoms with Crippen LogP contribution in [0.15, 0.2) is 213 Å². The van der Waals surface area contributed by atoms with Crippen molar-refractivity contribution in [1.82, 2.24) is 79.1 Å². The molecule has 0 spiro atoms. The highest BCUT2D eigenvalue weighted by Crippen LogP contribution is 2.40. The maximum Gasteiger partial charge on any atom is 0.403 e. The third-order valence-electron chi connectivity index (χ3n) is 21.4. The summed E-state index contributed by atoms with van der Waals surface area (Å²) < 4.78 is 126. The van der Waals surface area contributed by atoms with Crippen molar-refractivity contribution in [2.45, 2.75) is 106 Å². The van der Waals surface area contributed by atoms with Crippen molar-refractivity contribution in [1.29, 1.82) is 0 Å². The number of anilines is 9. The van der Waals surface area contributed by atoms with Gasteiger partial charge >= 0.3 is 6.18 Å². The molecule has 644 valence electrons. The molecule has 4 fully saturated rings. The first kappa shape index (κ1) is 86.4. The fourth-order valence-corrected chi connectivity index (χ4v) is 21.7. The Labute approximate surface area is 729 Å². The van der Waals surface area contributed by atoms with Crippen molar-refractivity contribution in [3.05, 3.63) is 245 Å². The van der Waals surface area contributed by atoms with E-state index in [4.69, 9.17) is 11.4 Å². The van der Waals surface area contributed by atoms with Crippen molar-refractivity contribution >= 4 is 151 Å². The van der Waals surface area contributed by atoms with Gasteiger partial charge in [-0.3, -0.25) is 33.1 Å². The maximum atomic E-state index is 15.4. The summed E-state index contributed by atoms with van der Waals surface area (Å²) in [6.45, 7) is 6.78. The zero-order chi connectivity index (χ0) is 87.0. The maximum absolute atomic E-state index is 15.4. The number of hydrogen-bond acceptors (Lipinski definition) is 29. The molecule has 0 bridgehead atoms. The Morgan fingerprint density at radius 1 is 0.624 bits per heavy atom. The van der Waals surface area contributed by atoms with E-state index in [9.17, 15) is 48.8 Å². The number of alkyl halides is 3. The van der Waals surface area contributed by atoms with Crippen molar-refractivity contribution in [3.63, 3.8) is 0 Å². The Morgan fingerprint density at radius 2 is 1.26 bits per heavy atom. The minimum atomic E-state index is -4.96. The first-order valence-electron chi connectivity index (χ1n) is 39.8. The molecule has 4 aliphatic rings. The SMILES string of the molecule is C#Cc1cc2cnc(Nc3ccc(N(C)C4CCNCC4)cc3)nc2n(Cc2scnc2S(=O)(=O)CC(F)(F)F)c1=O.CN1CCCC(Nc2ccc(Nc3ncc4cc(C5CC5)c(=O)n(Cc5c(F)cccc5S(=O)c5nccs5)c4n3)cc2)C1.O=c1ccc2cnc(Nc3ccc(N4CCNCC4)c(F)c3)nc2n1Cc1ncsc1S(=O)c1ccncc1. The number of nitrogens with zero attached hydrogens (tertiary/aromatic N) is 16. The number of likely N-dealkylation sites (tertiary alicyclic amines) is 1. The monoisotopic (exact) mass is 1810 g/mol. The van der Waals surface area contributed by atoms with E-state index >= 15 is 4.39 Å². The van der Waals surface area contributed by atoms with Gasteiger partial charge in [0.25, 0.3) is 16.7 Å². The molecule has 4 aromatic carbocycles. The van der Waals surface area contributed by atoms with Gasteiger partial charge in [-0.25, -0.2) is 55.5 Å². The largest absolute Gasteiger partial charge is 0.403 e. The summed E-state index contributed by atoms with van der Waals surface area (Å²) in [6.07, 6.45) is 16.3. The molecule has 14 aromatic rings. The summed E-state index contributed by atoms with van der Waals surface area (Å²) >= 11 is 3.32. The highest BCUT2D eigenvalue weighted by molar-refractivity contribution is 7.91. The number of terminal acetylenes is 1. The van der Waals surface area contributed by atoms with Crippen LogP contribution in [0.2, 0.25) is 0 Å². The number of piperazine rings is 1. The Hall–Kier alpha value is -12.1. The van der Waals surface area contributed by atoms with E-state index < -0.39 is 66.3 Å². The molecule has 0 amide bonds. The molecule has 1 aliphatic carbocycles. The highest BCUT2D eigenvalue weighted by atomic mass is 32.2. The van der Waals surface area contributed by atoms with Crippen LogP contribution in [-0.4, -0.2) is 176 Å². The Balaban J connectivity index is 0.000000139. The minimum absolute atomic E-state index is 0.0375. The fourth-order valence-electron chi connectivity index (χ4n) is 15.0. The van der Waals surface area contributed by atoms with Crippen LogP contribution >= 0.6 is 34.0 Å². The normalized spacial score (nSPS) is 15.7. The number of rotatable bonds is 24. The van der Waals surface area contributed by atoms with Gasteiger partial charge in [-0.15, -0.1) is 40.4 Å². The number of nitrogens with one attached hydrogen (secondary N) is 6. The van der Waals surface area contributed by atoms with Gasteiger partial charge in [0.15, 0.2) is 15.1 Å². The first-order chi connectivity index (χ1) is 60.4. The molecule has 6 N–H and O–H groups in total. The van der Waals surface area contributed by atoms with Crippen LogP contribution in [0.4, 0.5) is 73.9 Å². The third kappa shape index (κ3) is 20.5. The van der Waals surface area contributed by atoms with Crippen molar-refractivity contribution in [3.8, 4) is 12.3 Å². The lowest BCUT2D eigenvalue weighted by atomic mass is 10.0. The van der Waals surface area contributed by atoms with E-state index in [0.717, 1.165) is 123 Å². The molecule has 29 nitrogen and oxygen atoms in total. The lowest BCUT2D eigenvalue weighted by molar-refractivity contribution is -0.106. The minimum Gasteiger partial charge on any atom is -0.381 e. The molecule has 3 saturated heterocycles. The first-order valence-corrected chi connectivity index (χ1v) is 46.4. The van der Waals surface area contributed by atoms with E-state index in [1.165, 1.54) is 74.8 Å². The van der Waals surface area contributed by atoms with Crippen LogP contribution in [-0.2, 0) is 51.1 Å². The van der Waals surface area contributed by atoms with Crippen LogP contribution in [0.5, 0.6) is 0 Å². The number of sulfone groups is 1. The van der Waals surface area contributed by atoms with Crippen LogP contribution in [0.3, 0.4) is 0 Å². The molecule has 3 atom stereocenters. The molecular weight excluding hydrogens is 1730 g/mol. The number of piperidine rings is 2. The lowest BCUT2D eigenvalue weighted by Gasteiger charge is -2.33. The number of halogens is 5. The topological polar surface area (TPSA) is 345 Å². The summed E-state index contributed by atoms with van der Waals surface area (Å²) in [4.78, 5) is 90.6. The molecule has 0 radical (unpaired) electrons. The molecule has 1 saturated carbocycles. The van der Waals surface area contributed by atoms with E-state index in [1.54, 1.807) is 78.3 Å². The summed E-state index contributed by atoms with van der Waals surface area (Å²) in [7, 11) is -3.75. The molecule has 3 aliphatic heterocycles. The number of thiazole rings is 3. The third-order valence-corrected chi connectivity index (χ3v) is 29.2. The van der Waals surface area contributed by atoms with Crippen molar-refractivity contribution in [2.24, 2.45) is 0 Å². The Morgan fingerprint density at radius 3 is 1.91 bits per heavy atom. The summed E-state index contributed by atoms with van der Waals surface area (Å²) in [6, 6.07) is 35.7. The quantitative estimate of drug-likeness (QED) is 0.0242. The number of aromatic nitrogens is 13. The fraction of sp³-hybridized carbons (Fsp3) is 0.282. The number of fused-ring (bicyclic) bond motifs is 3. The average molecular weight is 1810 g/mol. The van der Waals surface area contributed by atoms with E-state index in [1.807, 2.05) is 59.5 Å². The number of hydrogen-bond donors (Lipinski definition) is 6. The standard InChI is InChI=1S/C32H32FN7O2S2.C27H26F3N7O3S2.C26H23FN8O2S2/c1-39-14-3-4-24(18-39)36-22-9-11-23(12-10-22)37-31-35-17-21-16-25(20-7-8-20)30(41)40(29(21)38-31)19-26-27(33)5-2-6-28(26)44(42)32-34-13-15-43-32;1-3-17-12-18-13-32-26(34-19-4-6-20(7-5-19)36(2)21-8-10-31-11-9-21)35-23(18)37(25(17)38)14-22-24(33-16-41-22)42(39,40)15-27(28,29)30;27-20-13-18(2-3-22(20)34-11-9-29-10-12-34)32-26-30-14-17-1-4-23(36)35(24(17)33-26)15-21-25(38-16-31-21)39(37)19-5-7-28-8-6-19/h2,5-6,9-13,15-17,20,24,36H,3-4,7-8,14,18-19H2,1H3,(H,35,37,38);1,4-7,12-13,16,21,31H,8-11,14-15H2,2H3,(H,32,34,35);1-8,13-14,16,29H,9-12,15H2,(H,30,32,33). The second-order valence-corrected chi connectivity index (χ2v) is 37.9. The molecular formula is C85H81F5N22O7S6. The van der Waals surface area contributed by atoms with Gasteiger partial charge in [0.05, 0.1) is 68.2 Å². The van der Waals surface area contributed by atoms with Crippen LogP contribution in [0.25, 0.3) is 33.1 Å². The van der Waals surface area contributed by atoms with E-state index in [-0.39, 0.29) is 74.4 Å². The predicted molar refractivity (Wildman–Crippen MR) is 476 cm³/mol. The molecule has 10 aromatic heterocycles. The number of benzene rings is 4. The summed E-state index contributed by atoms with van der Waals surface area (Å²) in [5.41, 5.74) is 8.42. The molecule has 13 heterocycles. The van der Waals surface area contributed by atoms with Gasteiger partial charge in [0, 0.05) is 161 Å². The zero-order valence-corrected chi connectivity index (χ0v) is 72.0. The predicted octanol–water partition coefficient (Wildman–Crippen LogP) is 12.4.